The lowest BCUT2D eigenvalue weighted by Crippen LogP contribution is -2.20. The Balaban J connectivity index is 2.35. The summed E-state index contributed by atoms with van der Waals surface area (Å²) in [7, 11) is 0. The standard InChI is InChI=1S/C5H9NOS/c6-5(8)4-1-2-7-3-4/h4H,1-3H2,(H2,6,8)/t4-/m1/s1. The van der Waals surface area contributed by atoms with Gasteiger partial charge in [-0.2, -0.15) is 0 Å². The van der Waals surface area contributed by atoms with Gasteiger partial charge in [0, 0.05) is 12.5 Å². The highest BCUT2D eigenvalue weighted by Gasteiger charge is 2.17. The van der Waals surface area contributed by atoms with Crippen LogP contribution in [-0.2, 0) is 4.74 Å². The number of rotatable bonds is 1. The molecular weight excluding hydrogens is 122 g/mol. The fourth-order valence-corrected chi connectivity index (χ4v) is 0.945. The summed E-state index contributed by atoms with van der Waals surface area (Å²) in [6, 6.07) is 0. The predicted octanol–water partition coefficient (Wildman–Crippen LogP) is 0.309. The SMILES string of the molecule is NC(=S)[C@@H]1CCOC1. The molecule has 0 spiro atoms. The molecule has 1 aliphatic heterocycles. The summed E-state index contributed by atoms with van der Waals surface area (Å²) < 4.78 is 5.05. The van der Waals surface area contributed by atoms with E-state index in [-0.39, 0.29) is 0 Å². The Bertz CT molecular complexity index is 98.6. The molecule has 0 aromatic heterocycles. The number of hydrogen-bond donors (Lipinski definition) is 1. The van der Waals surface area contributed by atoms with Gasteiger partial charge in [-0.3, -0.25) is 0 Å². The summed E-state index contributed by atoms with van der Waals surface area (Å²) in [6.45, 7) is 1.55. The van der Waals surface area contributed by atoms with Crippen LogP contribution in [0.4, 0.5) is 0 Å². The third-order valence-electron chi connectivity index (χ3n) is 1.33. The first kappa shape index (κ1) is 5.98. The van der Waals surface area contributed by atoms with Crippen LogP contribution in [0.3, 0.4) is 0 Å². The molecule has 0 aromatic rings. The molecule has 0 unspecified atom stereocenters. The zero-order valence-corrected chi connectivity index (χ0v) is 5.41. The topological polar surface area (TPSA) is 35.2 Å². The minimum atomic E-state index is 0.352. The Kier molecular flexibility index (Phi) is 1.81. The van der Waals surface area contributed by atoms with Crippen molar-refractivity contribution < 1.29 is 4.74 Å². The highest BCUT2D eigenvalue weighted by Crippen LogP contribution is 2.11. The Hall–Kier alpha value is -0.150. The van der Waals surface area contributed by atoms with Crippen LogP contribution in [0.5, 0.6) is 0 Å². The second kappa shape index (κ2) is 2.42. The first-order chi connectivity index (χ1) is 3.80. The zero-order valence-electron chi connectivity index (χ0n) is 4.59. The monoisotopic (exact) mass is 131 g/mol. The van der Waals surface area contributed by atoms with Crippen molar-refractivity contribution in [2.45, 2.75) is 6.42 Å². The van der Waals surface area contributed by atoms with Crippen molar-refractivity contribution in [3.63, 3.8) is 0 Å². The van der Waals surface area contributed by atoms with Gasteiger partial charge in [-0.15, -0.1) is 0 Å². The average molecular weight is 131 g/mol. The van der Waals surface area contributed by atoms with Gasteiger partial charge >= 0.3 is 0 Å². The second-order valence-electron chi connectivity index (χ2n) is 1.96. The number of hydrogen-bond acceptors (Lipinski definition) is 2. The van der Waals surface area contributed by atoms with Crippen molar-refractivity contribution in [2.75, 3.05) is 13.2 Å². The maximum absolute atomic E-state index is 5.35. The first-order valence-electron chi connectivity index (χ1n) is 2.68. The van der Waals surface area contributed by atoms with Crippen molar-refractivity contribution in [1.29, 1.82) is 0 Å². The third kappa shape index (κ3) is 1.17. The van der Waals surface area contributed by atoms with E-state index in [0.29, 0.717) is 10.9 Å². The van der Waals surface area contributed by atoms with E-state index in [0.717, 1.165) is 19.6 Å². The van der Waals surface area contributed by atoms with Crippen LogP contribution >= 0.6 is 12.2 Å². The van der Waals surface area contributed by atoms with Crippen molar-refractivity contribution >= 4 is 17.2 Å². The lowest BCUT2D eigenvalue weighted by atomic mass is 10.1. The molecule has 1 heterocycles. The Morgan fingerprint density at radius 3 is 2.75 bits per heavy atom. The summed E-state index contributed by atoms with van der Waals surface area (Å²) in [6.07, 6.45) is 1.01. The smallest absolute Gasteiger partial charge is 0.0782 e. The van der Waals surface area contributed by atoms with Crippen molar-refractivity contribution in [3.8, 4) is 0 Å². The molecule has 0 aromatic carbocycles. The fourth-order valence-electron chi connectivity index (χ4n) is 0.759. The van der Waals surface area contributed by atoms with Gasteiger partial charge in [-0.05, 0) is 6.42 Å². The number of ether oxygens (including phenoxy) is 1. The van der Waals surface area contributed by atoms with Gasteiger partial charge in [-0.25, -0.2) is 0 Å². The molecule has 1 saturated heterocycles. The molecule has 0 radical (unpaired) electrons. The van der Waals surface area contributed by atoms with Crippen LogP contribution in [0, 0.1) is 5.92 Å². The average Bonchev–Trinajstić information content (AvgIpc) is 2.12. The van der Waals surface area contributed by atoms with E-state index < -0.39 is 0 Å². The van der Waals surface area contributed by atoms with E-state index in [1.165, 1.54) is 0 Å². The summed E-state index contributed by atoms with van der Waals surface area (Å²) in [5.41, 5.74) is 5.35. The van der Waals surface area contributed by atoms with Crippen LogP contribution < -0.4 is 5.73 Å². The van der Waals surface area contributed by atoms with E-state index in [1.54, 1.807) is 0 Å². The molecule has 1 rings (SSSR count). The lowest BCUT2D eigenvalue weighted by Gasteiger charge is -2.00. The molecule has 0 aliphatic carbocycles. The zero-order chi connectivity index (χ0) is 5.98. The Morgan fingerprint density at radius 2 is 2.50 bits per heavy atom. The molecule has 0 bridgehead atoms. The van der Waals surface area contributed by atoms with E-state index in [4.69, 9.17) is 22.7 Å². The van der Waals surface area contributed by atoms with Gasteiger partial charge < -0.3 is 10.5 Å². The summed E-state index contributed by atoms with van der Waals surface area (Å²) in [5.74, 6) is 0.352. The minimum Gasteiger partial charge on any atom is -0.393 e. The van der Waals surface area contributed by atoms with E-state index >= 15 is 0 Å². The van der Waals surface area contributed by atoms with Gasteiger partial charge in [-0.1, -0.05) is 12.2 Å². The second-order valence-corrected chi connectivity index (χ2v) is 2.43. The van der Waals surface area contributed by atoms with Crippen molar-refractivity contribution in [2.24, 2.45) is 11.7 Å². The molecule has 0 saturated carbocycles. The molecule has 3 heteroatoms. The van der Waals surface area contributed by atoms with Crippen LogP contribution in [0.15, 0.2) is 0 Å². The van der Waals surface area contributed by atoms with E-state index in [1.807, 2.05) is 0 Å². The summed E-state index contributed by atoms with van der Waals surface area (Å²) >= 11 is 4.75. The molecule has 0 amide bonds. The van der Waals surface area contributed by atoms with E-state index in [9.17, 15) is 0 Å². The van der Waals surface area contributed by atoms with Crippen molar-refractivity contribution in [3.05, 3.63) is 0 Å². The quantitative estimate of drug-likeness (QED) is 0.520. The largest absolute Gasteiger partial charge is 0.393 e. The summed E-state index contributed by atoms with van der Waals surface area (Å²) in [4.78, 5) is 0.600. The van der Waals surface area contributed by atoms with Crippen LogP contribution in [0.1, 0.15) is 6.42 Å². The molecule has 2 N–H and O–H groups in total. The van der Waals surface area contributed by atoms with E-state index in [2.05, 4.69) is 0 Å². The Morgan fingerprint density at radius 1 is 1.75 bits per heavy atom. The Labute approximate surface area is 54.0 Å². The van der Waals surface area contributed by atoms with Gasteiger partial charge in [0.1, 0.15) is 0 Å². The van der Waals surface area contributed by atoms with Crippen LogP contribution in [-0.4, -0.2) is 18.2 Å². The summed E-state index contributed by atoms with van der Waals surface area (Å²) in [5, 5.41) is 0. The molecular formula is C5H9NOS. The van der Waals surface area contributed by atoms with Gasteiger partial charge in [0.05, 0.1) is 11.6 Å². The lowest BCUT2D eigenvalue weighted by molar-refractivity contribution is 0.193. The van der Waals surface area contributed by atoms with Gasteiger partial charge in [0.2, 0.25) is 0 Å². The van der Waals surface area contributed by atoms with Gasteiger partial charge in [0.25, 0.3) is 0 Å². The van der Waals surface area contributed by atoms with Gasteiger partial charge in [0.15, 0.2) is 0 Å². The normalized spacial score (nSPS) is 28.2. The van der Waals surface area contributed by atoms with Crippen molar-refractivity contribution in [1.82, 2.24) is 0 Å². The molecule has 2 nitrogen and oxygen atoms in total. The van der Waals surface area contributed by atoms with Crippen LogP contribution in [0.2, 0.25) is 0 Å². The third-order valence-corrected chi connectivity index (χ3v) is 1.67. The fraction of sp³-hybridized carbons (Fsp3) is 0.800. The highest BCUT2D eigenvalue weighted by atomic mass is 32.1. The maximum atomic E-state index is 5.35. The highest BCUT2D eigenvalue weighted by molar-refractivity contribution is 7.80. The molecule has 8 heavy (non-hydrogen) atoms. The maximum Gasteiger partial charge on any atom is 0.0782 e. The molecule has 46 valence electrons. The number of thiocarbonyl (C=S) groups is 1. The molecule has 1 aliphatic rings. The molecule has 1 fully saturated rings. The first-order valence-corrected chi connectivity index (χ1v) is 3.08. The minimum absolute atomic E-state index is 0.352. The predicted molar refractivity (Wildman–Crippen MR) is 35.7 cm³/mol. The van der Waals surface area contributed by atoms with Crippen LogP contribution in [0.25, 0.3) is 0 Å². The molecule has 1 atom stereocenters. The number of nitrogens with two attached hydrogens (primary N) is 1.